The molecule has 0 radical (unpaired) electrons. The summed E-state index contributed by atoms with van der Waals surface area (Å²) < 4.78 is 0. The van der Waals surface area contributed by atoms with Crippen molar-refractivity contribution in [3.8, 4) is 0 Å². The second kappa shape index (κ2) is 6.30. The molecule has 0 aliphatic carbocycles. The van der Waals surface area contributed by atoms with Crippen LogP contribution in [0.4, 0.5) is 5.95 Å². The second-order valence-corrected chi connectivity index (χ2v) is 5.98. The minimum atomic E-state index is 0.0186. The highest BCUT2D eigenvalue weighted by Crippen LogP contribution is 2.15. The maximum atomic E-state index is 4.23. The molecule has 1 N–H and O–H groups in total. The zero-order valence-electron chi connectivity index (χ0n) is 12.3. The Morgan fingerprint density at radius 3 is 2.42 bits per heavy atom. The monoisotopic (exact) mass is 263 g/mol. The van der Waals surface area contributed by atoms with Gasteiger partial charge in [-0.05, 0) is 33.4 Å². The number of aromatic nitrogens is 2. The molecule has 1 aliphatic rings. The number of hydrogen-bond acceptors (Lipinski definition) is 5. The minimum Gasteiger partial charge on any atom is -0.349 e. The van der Waals surface area contributed by atoms with Crippen LogP contribution in [0.5, 0.6) is 0 Å². The second-order valence-electron chi connectivity index (χ2n) is 5.98. The summed E-state index contributed by atoms with van der Waals surface area (Å²) in [5, 5.41) is 3.41. The van der Waals surface area contributed by atoms with E-state index in [1.807, 2.05) is 6.07 Å². The van der Waals surface area contributed by atoms with Crippen molar-refractivity contribution in [1.82, 2.24) is 19.8 Å². The van der Waals surface area contributed by atoms with Crippen LogP contribution in [0.2, 0.25) is 0 Å². The summed E-state index contributed by atoms with van der Waals surface area (Å²) in [5.74, 6) is 0.714. The highest BCUT2D eigenvalue weighted by atomic mass is 15.2. The van der Waals surface area contributed by atoms with Crippen LogP contribution < -0.4 is 5.32 Å². The van der Waals surface area contributed by atoms with E-state index in [4.69, 9.17) is 0 Å². The van der Waals surface area contributed by atoms with Crippen molar-refractivity contribution in [1.29, 1.82) is 0 Å². The van der Waals surface area contributed by atoms with E-state index in [1.165, 1.54) is 26.2 Å². The first kappa shape index (κ1) is 14.2. The third kappa shape index (κ3) is 4.76. The fourth-order valence-corrected chi connectivity index (χ4v) is 2.24. The molecule has 106 valence electrons. The van der Waals surface area contributed by atoms with Gasteiger partial charge in [-0.2, -0.15) is 0 Å². The van der Waals surface area contributed by atoms with Gasteiger partial charge < -0.3 is 15.1 Å². The van der Waals surface area contributed by atoms with Gasteiger partial charge in [-0.1, -0.05) is 0 Å². The Labute approximate surface area is 116 Å². The standard InChI is InChI=1S/C14H25N5/c1-14(2,17-13-15-6-4-7-16-13)5-8-19-11-9-18(3)10-12-19/h4,6-7H,5,8-12H2,1-3H3,(H,15,16,17). The summed E-state index contributed by atoms with van der Waals surface area (Å²) in [7, 11) is 2.19. The number of rotatable bonds is 5. The van der Waals surface area contributed by atoms with Crippen LogP contribution >= 0.6 is 0 Å². The number of piperazine rings is 1. The summed E-state index contributed by atoms with van der Waals surface area (Å²) >= 11 is 0. The van der Waals surface area contributed by atoms with Crippen LogP contribution in [0.15, 0.2) is 18.5 Å². The van der Waals surface area contributed by atoms with Crippen LogP contribution in [0.25, 0.3) is 0 Å². The molecule has 1 fully saturated rings. The van der Waals surface area contributed by atoms with Crippen molar-refractivity contribution in [3.63, 3.8) is 0 Å². The van der Waals surface area contributed by atoms with E-state index in [0.717, 1.165) is 13.0 Å². The van der Waals surface area contributed by atoms with Gasteiger partial charge in [-0.25, -0.2) is 9.97 Å². The Morgan fingerprint density at radius 2 is 1.79 bits per heavy atom. The quantitative estimate of drug-likeness (QED) is 0.867. The number of nitrogens with zero attached hydrogens (tertiary/aromatic N) is 4. The molecule has 0 atom stereocenters. The first-order valence-corrected chi connectivity index (χ1v) is 7.01. The average molecular weight is 263 g/mol. The van der Waals surface area contributed by atoms with Gasteiger partial charge in [0.2, 0.25) is 5.95 Å². The van der Waals surface area contributed by atoms with Crippen LogP contribution in [0, 0.1) is 0 Å². The Morgan fingerprint density at radius 1 is 1.16 bits per heavy atom. The van der Waals surface area contributed by atoms with E-state index in [0.29, 0.717) is 5.95 Å². The van der Waals surface area contributed by atoms with E-state index < -0.39 is 0 Å². The molecule has 2 heterocycles. The van der Waals surface area contributed by atoms with E-state index in [-0.39, 0.29) is 5.54 Å². The largest absolute Gasteiger partial charge is 0.349 e. The third-order valence-corrected chi connectivity index (χ3v) is 3.66. The smallest absolute Gasteiger partial charge is 0.222 e. The van der Waals surface area contributed by atoms with Crippen molar-refractivity contribution in [2.24, 2.45) is 0 Å². The maximum Gasteiger partial charge on any atom is 0.222 e. The Hall–Kier alpha value is -1.20. The van der Waals surface area contributed by atoms with Crippen molar-refractivity contribution in [2.45, 2.75) is 25.8 Å². The SMILES string of the molecule is CN1CCN(CCC(C)(C)Nc2ncccn2)CC1. The van der Waals surface area contributed by atoms with Gasteiger partial charge in [0, 0.05) is 50.7 Å². The lowest BCUT2D eigenvalue weighted by atomic mass is 10.0. The summed E-state index contributed by atoms with van der Waals surface area (Å²) in [6.07, 6.45) is 4.63. The molecule has 2 rings (SSSR count). The van der Waals surface area contributed by atoms with Gasteiger partial charge in [0.25, 0.3) is 0 Å². The average Bonchev–Trinajstić information content (AvgIpc) is 2.39. The van der Waals surface area contributed by atoms with Crippen LogP contribution in [-0.4, -0.2) is 65.1 Å². The molecular formula is C14H25N5. The number of nitrogens with one attached hydrogen (secondary N) is 1. The highest BCUT2D eigenvalue weighted by molar-refractivity contribution is 5.26. The molecule has 5 heteroatoms. The van der Waals surface area contributed by atoms with Crippen LogP contribution in [0.3, 0.4) is 0 Å². The fourth-order valence-electron chi connectivity index (χ4n) is 2.24. The lowest BCUT2D eigenvalue weighted by molar-refractivity contribution is 0.147. The van der Waals surface area contributed by atoms with Gasteiger partial charge in [0.15, 0.2) is 0 Å². The minimum absolute atomic E-state index is 0.0186. The lowest BCUT2D eigenvalue weighted by Gasteiger charge is -2.35. The third-order valence-electron chi connectivity index (χ3n) is 3.66. The fraction of sp³-hybridized carbons (Fsp3) is 0.714. The van der Waals surface area contributed by atoms with E-state index >= 15 is 0 Å². The topological polar surface area (TPSA) is 44.3 Å². The molecule has 0 saturated carbocycles. The molecule has 0 spiro atoms. The number of hydrogen-bond donors (Lipinski definition) is 1. The molecule has 0 aromatic carbocycles. The summed E-state index contributed by atoms with van der Waals surface area (Å²) in [4.78, 5) is 13.4. The highest BCUT2D eigenvalue weighted by Gasteiger charge is 2.21. The zero-order valence-corrected chi connectivity index (χ0v) is 12.3. The first-order chi connectivity index (χ1) is 9.05. The number of likely N-dealkylation sites (N-methyl/N-ethyl adjacent to an activating group) is 1. The van der Waals surface area contributed by atoms with Crippen molar-refractivity contribution in [2.75, 3.05) is 45.1 Å². The molecule has 1 saturated heterocycles. The molecule has 19 heavy (non-hydrogen) atoms. The number of anilines is 1. The van der Waals surface area contributed by atoms with Gasteiger partial charge >= 0.3 is 0 Å². The molecule has 0 amide bonds. The summed E-state index contributed by atoms with van der Waals surface area (Å²) in [5.41, 5.74) is 0.0186. The molecule has 1 aromatic rings. The molecule has 0 bridgehead atoms. The van der Waals surface area contributed by atoms with Crippen molar-refractivity contribution >= 4 is 5.95 Å². The van der Waals surface area contributed by atoms with E-state index in [9.17, 15) is 0 Å². The predicted molar refractivity (Wildman–Crippen MR) is 78.3 cm³/mol. The van der Waals surface area contributed by atoms with E-state index in [2.05, 4.69) is 46.0 Å². The van der Waals surface area contributed by atoms with E-state index in [1.54, 1.807) is 12.4 Å². The molecule has 1 aliphatic heterocycles. The maximum absolute atomic E-state index is 4.23. The molecule has 1 aromatic heterocycles. The van der Waals surface area contributed by atoms with Crippen molar-refractivity contribution < 1.29 is 0 Å². The normalized spacial score (nSPS) is 18.5. The summed E-state index contributed by atoms with van der Waals surface area (Å²) in [6.45, 7) is 10.2. The van der Waals surface area contributed by atoms with Gasteiger partial charge in [0.1, 0.15) is 0 Å². The lowest BCUT2D eigenvalue weighted by Crippen LogP contribution is -2.46. The zero-order chi connectivity index (χ0) is 13.7. The molecule has 5 nitrogen and oxygen atoms in total. The Kier molecular flexibility index (Phi) is 4.71. The first-order valence-electron chi connectivity index (χ1n) is 7.01. The predicted octanol–water partition coefficient (Wildman–Crippen LogP) is 1.30. The molecular weight excluding hydrogens is 238 g/mol. The van der Waals surface area contributed by atoms with Crippen LogP contribution in [0.1, 0.15) is 20.3 Å². The Balaban J connectivity index is 1.77. The van der Waals surface area contributed by atoms with Gasteiger partial charge in [0.05, 0.1) is 0 Å². The molecule has 0 unspecified atom stereocenters. The van der Waals surface area contributed by atoms with Crippen LogP contribution in [-0.2, 0) is 0 Å². The van der Waals surface area contributed by atoms with Gasteiger partial charge in [-0.15, -0.1) is 0 Å². The Bertz CT molecular complexity index is 371. The van der Waals surface area contributed by atoms with Crippen molar-refractivity contribution in [3.05, 3.63) is 18.5 Å². The summed E-state index contributed by atoms with van der Waals surface area (Å²) in [6, 6.07) is 1.84. The van der Waals surface area contributed by atoms with Gasteiger partial charge in [-0.3, -0.25) is 0 Å².